The molecule has 1 rings (SSSR count). The molecule has 0 spiro atoms. The van der Waals surface area contributed by atoms with Gasteiger partial charge in [-0.05, 0) is 36.5 Å². The van der Waals surface area contributed by atoms with Gasteiger partial charge < -0.3 is 0 Å². The van der Waals surface area contributed by atoms with E-state index in [1.165, 1.54) is 24.0 Å². The number of hydrogen-bond donors (Lipinski definition) is 0. The number of aldehydes is 1. The van der Waals surface area contributed by atoms with E-state index in [-0.39, 0.29) is 0 Å². The van der Waals surface area contributed by atoms with Crippen molar-refractivity contribution in [1.82, 2.24) is 0 Å². The molecule has 1 heteroatoms. The summed E-state index contributed by atoms with van der Waals surface area (Å²) in [7, 11) is 0. The smallest absolute Gasteiger partial charge is 0.150 e. The quantitative estimate of drug-likeness (QED) is 0.650. The van der Waals surface area contributed by atoms with E-state index in [4.69, 9.17) is 0 Å². The van der Waals surface area contributed by atoms with Gasteiger partial charge in [0, 0.05) is 5.56 Å². The van der Waals surface area contributed by atoms with Gasteiger partial charge >= 0.3 is 0 Å². The highest BCUT2D eigenvalue weighted by Gasteiger charge is 2.01. The summed E-state index contributed by atoms with van der Waals surface area (Å²) < 4.78 is 0. The van der Waals surface area contributed by atoms with E-state index in [0.717, 1.165) is 24.7 Å². The zero-order valence-electron chi connectivity index (χ0n) is 9.05. The minimum Gasteiger partial charge on any atom is -0.298 e. The molecule has 0 unspecified atom stereocenters. The number of unbranched alkanes of at least 4 members (excludes halogenated alkanes) is 1. The van der Waals surface area contributed by atoms with Crippen LogP contribution in [0, 0.1) is 0 Å². The van der Waals surface area contributed by atoms with Gasteiger partial charge in [-0.3, -0.25) is 4.79 Å². The molecule has 1 aromatic rings. The van der Waals surface area contributed by atoms with Crippen molar-refractivity contribution < 1.29 is 4.79 Å². The Hall–Kier alpha value is -1.11. The highest BCUT2D eigenvalue weighted by Crippen LogP contribution is 2.14. The van der Waals surface area contributed by atoms with Crippen LogP contribution < -0.4 is 0 Å². The molecule has 0 aliphatic rings. The maximum atomic E-state index is 10.6. The summed E-state index contributed by atoms with van der Waals surface area (Å²) >= 11 is 0. The van der Waals surface area contributed by atoms with E-state index in [2.05, 4.69) is 19.9 Å². The van der Waals surface area contributed by atoms with Crippen molar-refractivity contribution in [2.75, 3.05) is 0 Å². The number of carbonyl (C=O) groups is 1. The maximum absolute atomic E-state index is 10.6. The van der Waals surface area contributed by atoms with Gasteiger partial charge in [-0.25, -0.2) is 0 Å². The minimum atomic E-state index is 0.799. The van der Waals surface area contributed by atoms with Crippen molar-refractivity contribution in [2.24, 2.45) is 0 Å². The van der Waals surface area contributed by atoms with Crippen molar-refractivity contribution >= 4 is 6.29 Å². The molecular weight excluding hydrogens is 172 g/mol. The molecule has 0 N–H and O–H groups in total. The molecule has 0 aliphatic heterocycles. The van der Waals surface area contributed by atoms with E-state index in [1.807, 2.05) is 12.1 Å². The molecule has 76 valence electrons. The molecular formula is C13H18O. The van der Waals surface area contributed by atoms with E-state index < -0.39 is 0 Å². The number of benzene rings is 1. The van der Waals surface area contributed by atoms with E-state index in [0.29, 0.717) is 0 Å². The second-order valence-corrected chi connectivity index (χ2v) is 3.60. The number of rotatable bonds is 5. The van der Waals surface area contributed by atoms with Gasteiger partial charge in [0.1, 0.15) is 6.29 Å². The first-order valence-electron chi connectivity index (χ1n) is 5.38. The molecule has 0 amide bonds. The van der Waals surface area contributed by atoms with Crippen molar-refractivity contribution in [1.29, 1.82) is 0 Å². The topological polar surface area (TPSA) is 17.1 Å². The summed E-state index contributed by atoms with van der Waals surface area (Å²) in [6, 6.07) is 6.01. The first-order valence-corrected chi connectivity index (χ1v) is 5.38. The van der Waals surface area contributed by atoms with Gasteiger partial charge in [0.15, 0.2) is 0 Å². The molecule has 0 atom stereocenters. The highest BCUT2D eigenvalue weighted by atomic mass is 16.1. The third-order valence-electron chi connectivity index (χ3n) is 2.55. The van der Waals surface area contributed by atoms with Gasteiger partial charge in [0.2, 0.25) is 0 Å². The predicted octanol–water partition coefficient (Wildman–Crippen LogP) is 3.40. The lowest BCUT2D eigenvalue weighted by molar-refractivity contribution is 0.112. The Morgan fingerprint density at radius 2 is 2.00 bits per heavy atom. The van der Waals surface area contributed by atoms with Gasteiger partial charge in [0.05, 0.1) is 0 Å². The molecule has 0 bridgehead atoms. The highest BCUT2D eigenvalue weighted by molar-refractivity contribution is 5.75. The SMILES string of the molecule is CCCCc1cc(C=O)ccc1CC. The van der Waals surface area contributed by atoms with Crippen LogP contribution in [0.4, 0.5) is 0 Å². The third-order valence-corrected chi connectivity index (χ3v) is 2.55. The molecule has 0 heterocycles. The lowest BCUT2D eigenvalue weighted by Crippen LogP contribution is -1.95. The second-order valence-electron chi connectivity index (χ2n) is 3.60. The second kappa shape index (κ2) is 5.58. The molecule has 1 nitrogen and oxygen atoms in total. The standard InChI is InChI=1S/C13H18O/c1-3-5-6-13-9-11(10-14)7-8-12(13)4-2/h7-10H,3-6H2,1-2H3. The summed E-state index contributed by atoms with van der Waals surface area (Å²) in [6.45, 7) is 4.35. The molecule has 0 saturated carbocycles. The van der Waals surface area contributed by atoms with Crippen LogP contribution in [0.15, 0.2) is 18.2 Å². The first kappa shape index (κ1) is 11.0. The summed E-state index contributed by atoms with van der Waals surface area (Å²) in [4.78, 5) is 10.6. The Bertz CT molecular complexity index is 302. The van der Waals surface area contributed by atoms with Gasteiger partial charge in [-0.15, -0.1) is 0 Å². The van der Waals surface area contributed by atoms with Crippen LogP contribution in [-0.4, -0.2) is 6.29 Å². The van der Waals surface area contributed by atoms with Crippen molar-refractivity contribution in [2.45, 2.75) is 39.5 Å². The number of aryl methyl sites for hydroxylation is 2. The monoisotopic (exact) mass is 190 g/mol. The summed E-state index contributed by atoms with van der Waals surface area (Å²) in [6.07, 6.45) is 5.48. The Balaban J connectivity index is 2.89. The Labute approximate surface area is 86.1 Å². The Morgan fingerprint density at radius 3 is 2.57 bits per heavy atom. The lowest BCUT2D eigenvalue weighted by atomic mass is 9.98. The third kappa shape index (κ3) is 2.69. The van der Waals surface area contributed by atoms with Crippen LogP contribution in [0.5, 0.6) is 0 Å². The molecule has 0 radical (unpaired) electrons. The lowest BCUT2D eigenvalue weighted by Gasteiger charge is -2.07. The van der Waals surface area contributed by atoms with Crippen molar-refractivity contribution in [3.63, 3.8) is 0 Å². The molecule has 0 aromatic heterocycles. The van der Waals surface area contributed by atoms with Gasteiger partial charge in [-0.2, -0.15) is 0 Å². The van der Waals surface area contributed by atoms with Gasteiger partial charge in [0.25, 0.3) is 0 Å². The fourth-order valence-electron chi connectivity index (χ4n) is 1.66. The summed E-state index contributed by atoms with van der Waals surface area (Å²) in [5.41, 5.74) is 3.52. The average molecular weight is 190 g/mol. The Morgan fingerprint density at radius 1 is 1.21 bits per heavy atom. The first-order chi connectivity index (χ1) is 6.81. The van der Waals surface area contributed by atoms with Crippen LogP contribution in [0.3, 0.4) is 0 Å². The summed E-state index contributed by atoms with van der Waals surface area (Å²) in [5.74, 6) is 0. The minimum absolute atomic E-state index is 0.799. The van der Waals surface area contributed by atoms with Crippen LogP contribution in [0.2, 0.25) is 0 Å². The fraction of sp³-hybridized carbons (Fsp3) is 0.462. The van der Waals surface area contributed by atoms with E-state index in [9.17, 15) is 4.79 Å². The van der Waals surface area contributed by atoms with Gasteiger partial charge in [-0.1, -0.05) is 32.4 Å². The van der Waals surface area contributed by atoms with Crippen LogP contribution >= 0.6 is 0 Å². The van der Waals surface area contributed by atoms with Crippen LogP contribution in [0.1, 0.15) is 48.2 Å². The molecule has 1 aromatic carbocycles. The molecule has 0 fully saturated rings. The largest absolute Gasteiger partial charge is 0.298 e. The average Bonchev–Trinajstić information content (AvgIpc) is 2.25. The van der Waals surface area contributed by atoms with Crippen molar-refractivity contribution in [3.05, 3.63) is 34.9 Å². The summed E-state index contributed by atoms with van der Waals surface area (Å²) in [5, 5.41) is 0. The fourth-order valence-corrected chi connectivity index (χ4v) is 1.66. The molecule has 0 aliphatic carbocycles. The van der Waals surface area contributed by atoms with Crippen LogP contribution in [0.25, 0.3) is 0 Å². The zero-order chi connectivity index (χ0) is 10.4. The van der Waals surface area contributed by atoms with E-state index >= 15 is 0 Å². The normalized spacial score (nSPS) is 10.1. The Kier molecular flexibility index (Phi) is 4.37. The van der Waals surface area contributed by atoms with E-state index in [1.54, 1.807) is 0 Å². The van der Waals surface area contributed by atoms with Crippen LogP contribution in [-0.2, 0) is 12.8 Å². The number of hydrogen-bond acceptors (Lipinski definition) is 1. The molecule has 0 saturated heterocycles. The molecule has 14 heavy (non-hydrogen) atoms. The zero-order valence-corrected chi connectivity index (χ0v) is 9.05. The number of carbonyl (C=O) groups excluding carboxylic acids is 1. The maximum Gasteiger partial charge on any atom is 0.150 e. The predicted molar refractivity (Wildman–Crippen MR) is 59.8 cm³/mol. The van der Waals surface area contributed by atoms with Crippen molar-refractivity contribution in [3.8, 4) is 0 Å².